The Balaban J connectivity index is 3.68. The summed E-state index contributed by atoms with van der Waals surface area (Å²) in [7, 11) is 0. The van der Waals surface area contributed by atoms with Crippen molar-refractivity contribution >= 4 is 11.7 Å². The predicted molar refractivity (Wildman–Crippen MR) is 36.2 cm³/mol. The Morgan fingerprint density at radius 3 is 2.50 bits per heavy atom. The third-order valence-corrected chi connectivity index (χ3v) is 1.12. The van der Waals surface area contributed by atoms with Crippen molar-refractivity contribution < 1.29 is 15.0 Å². The lowest BCUT2D eigenvalue weighted by Gasteiger charge is -2.04. The highest BCUT2D eigenvalue weighted by molar-refractivity contribution is 6.34. The van der Waals surface area contributed by atoms with Crippen LogP contribution >= 0.6 is 0 Å². The van der Waals surface area contributed by atoms with Crippen LogP contribution in [0.4, 0.5) is 0 Å². The number of aliphatic hydroxyl groups excluding tert-OH is 1. The van der Waals surface area contributed by atoms with Gasteiger partial charge in [0.15, 0.2) is 0 Å². The monoisotopic (exact) mass is 145 g/mol. The van der Waals surface area contributed by atoms with Gasteiger partial charge in [-0.05, 0) is 5.92 Å². The number of carbonyl (C=O) groups is 1. The van der Waals surface area contributed by atoms with Crippen molar-refractivity contribution in [2.24, 2.45) is 5.92 Å². The minimum atomic E-state index is -1.21. The van der Waals surface area contributed by atoms with Gasteiger partial charge in [-0.15, -0.1) is 0 Å². The smallest absolute Gasteiger partial charge is 0.349 e. The summed E-state index contributed by atoms with van der Waals surface area (Å²) in [6, 6.07) is 0. The van der Waals surface area contributed by atoms with Crippen molar-refractivity contribution in [3.63, 3.8) is 0 Å². The quantitative estimate of drug-likeness (QED) is 0.491. The van der Waals surface area contributed by atoms with Crippen molar-refractivity contribution in [3.8, 4) is 0 Å². The summed E-state index contributed by atoms with van der Waals surface area (Å²) in [4.78, 5) is 10.0. The predicted octanol–water partition coefficient (Wildman–Crippen LogP) is 0.109. The van der Waals surface area contributed by atoms with Crippen LogP contribution in [0.3, 0.4) is 0 Å². The third kappa shape index (κ3) is 3.19. The fourth-order valence-corrected chi connectivity index (χ4v) is 0.500. The van der Waals surface area contributed by atoms with Gasteiger partial charge in [-0.2, -0.15) is 0 Å². The highest BCUT2D eigenvalue weighted by atomic mass is 16.4. The standard InChI is InChI=1S/C6H11NO3/c1-4(3-8)2-5(7)6(9)10/h4,7-8H,2-3H2,1H3,(H,9,10). The van der Waals surface area contributed by atoms with Crippen LogP contribution in [0.15, 0.2) is 0 Å². The molecule has 0 aliphatic carbocycles. The second-order valence-corrected chi connectivity index (χ2v) is 2.28. The van der Waals surface area contributed by atoms with E-state index in [1.54, 1.807) is 6.92 Å². The molecule has 4 heteroatoms. The van der Waals surface area contributed by atoms with Gasteiger partial charge >= 0.3 is 5.97 Å². The molecule has 3 N–H and O–H groups in total. The molecule has 4 nitrogen and oxygen atoms in total. The lowest BCUT2D eigenvalue weighted by molar-refractivity contribution is -0.129. The van der Waals surface area contributed by atoms with Gasteiger partial charge in [0.1, 0.15) is 5.71 Å². The van der Waals surface area contributed by atoms with Gasteiger partial charge in [0, 0.05) is 13.0 Å². The molecule has 0 heterocycles. The topological polar surface area (TPSA) is 81.4 Å². The molecule has 0 saturated heterocycles. The molecule has 0 rings (SSSR count). The van der Waals surface area contributed by atoms with Crippen LogP contribution in [0, 0.1) is 11.3 Å². The fraction of sp³-hybridized carbons (Fsp3) is 0.667. The molecule has 0 saturated carbocycles. The second-order valence-electron chi connectivity index (χ2n) is 2.28. The normalized spacial score (nSPS) is 12.6. The van der Waals surface area contributed by atoms with Crippen LogP contribution < -0.4 is 0 Å². The molecule has 0 aromatic heterocycles. The summed E-state index contributed by atoms with van der Waals surface area (Å²) in [5.41, 5.74) is -0.346. The maximum Gasteiger partial charge on any atom is 0.349 e. The number of aliphatic carboxylic acids is 1. The van der Waals surface area contributed by atoms with Crippen LogP contribution in [0.2, 0.25) is 0 Å². The van der Waals surface area contributed by atoms with Gasteiger partial charge in [-0.1, -0.05) is 6.92 Å². The van der Waals surface area contributed by atoms with Gasteiger partial charge in [0.25, 0.3) is 0 Å². The summed E-state index contributed by atoms with van der Waals surface area (Å²) in [6.07, 6.45) is 0.131. The number of aliphatic hydroxyl groups is 1. The number of hydrogen-bond donors (Lipinski definition) is 3. The molecule has 0 aromatic carbocycles. The second kappa shape index (κ2) is 4.00. The van der Waals surface area contributed by atoms with E-state index in [1.165, 1.54) is 0 Å². The van der Waals surface area contributed by atoms with E-state index in [0.29, 0.717) is 0 Å². The largest absolute Gasteiger partial charge is 0.477 e. The molecule has 1 unspecified atom stereocenters. The first-order valence-corrected chi connectivity index (χ1v) is 2.99. The molecular weight excluding hydrogens is 134 g/mol. The Morgan fingerprint density at radius 1 is 1.70 bits per heavy atom. The van der Waals surface area contributed by atoms with Crippen LogP contribution in [-0.2, 0) is 4.79 Å². The molecule has 0 fully saturated rings. The molecule has 0 radical (unpaired) electrons. The highest BCUT2D eigenvalue weighted by Crippen LogP contribution is 2.00. The summed E-state index contributed by atoms with van der Waals surface area (Å²) in [6.45, 7) is 1.62. The molecule has 10 heavy (non-hydrogen) atoms. The number of hydrogen-bond acceptors (Lipinski definition) is 3. The van der Waals surface area contributed by atoms with Crippen LogP contribution in [-0.4, -0.2) is 28.5 Å². The molecular formula is C6H11NO3. The lowest BCUT2D eigenvalue weighted by Crippen LogP contribution is -2.16. The van der Waals surface area contributed by atoms with Crippen molar-refractivity contribution in [1.82, 2.24) is 0 Å². The van der Waals surface area contributed by atoms with E-state index in [2.05, 4.69) is 0 Å². The maximum atomic E-state index is 10.0. The number of nitrogens with one attached hydrogen (secondary N) is 1. The average Bonchev–Trinajstić information content (AvgIpc) is 1.87. The zero-order chi connectivity index (χ0) is 8.15. The minimum Gasteiger partial charge on any atom is -0.477 e. The van der Waals surface area contributed by atoms with E-state index in [1.807, 2.05) is 0 Å². The van der Waals surface area contributed by atoms with E-state index in [4.69, 9.17) is 15.6 Å². The van der Waals surface area contributed by atoms with Crippen LogP contribution in [0.1, 0.15) is 13.3 Å². The molecule has 0 aliphatic heterocycles. The molecule has 0 bridgehead atoms. The van der Waals surface area contributed by atoms with E-state index in [9.17, 15) is 4.79 Å². The van der Waals surface area contributed by atoms with Gasteiger partial charge in [0.05, 0.1) is 0 Å². The molecule has 58 valence electrons. The first-order valence-electron chi connectivity index (χ1n) is 2.99. The Morgan fingerprint density at radius 2 is 2.20 bits per heavy atom. The van der Waals surface area contributed by atoms with Crippen LogP contribution in [0.5, 0.6) is 0 Å². The van der Waals surface area contributed by atoms with Crippen molar-refractivity contribution in [2.45, 2.75) is 13.3 Å². The Labute approximate surface area is 59.0 Å². The van der Waals surface area contributed by atoms with Crippen LogP contribution in [0.25, 0.3) is 0 Å². The summed E-state index contributed by atoms with van der Waals surface area (Å²) < 4.78 is 0. The lowest BCUT2D eigenvalue weighted by atomic mass is 10.1. The van der Waals surface area contributed by atoms with E-state index in [0.717, 1.165) is 0 Å². The maximum absolute atomic E-state index is 10.0. The van der Waals surface area contributed by atoms with Gasteiger partial charge < -0.3 is 10.2 Å². The summed E-state index contributed by atoms with van der Waals surface area (Å²) in [5, 5.41) is 23.6. The molecule has 0 spiro atoms. The zero-order valence-electron chi connectivity index (χ0n) is 5.79. The Kier molecular flexibility index (Phi) is 3.64. The summed E-state index contributed by atoms with van der Waals surface area (Å²) >= 11 is 0. The van der Waals surface area contributed by atoms with Gasteiger partial charge in [-0.25, -0.2) is 4.79 Å². The van der Waals surface area contributed by atoms with E-state index < -0.39 is 5.97 Å². The Hall–Kier alpha value is -0.900. The molecule has 0 aromatic rings. The Bertz CT molecular complexity index is 144. The van der Waals surface area contributed by atoms with Gasteiger partial charge in [-0.3, -0.25) is 5.41 Å². The van der Waals surface area contributed by atoms with E-state index in [-0.39, 0.29) is 24.7 Å². The SMILES string of the molecule is CC(CO)CC(=N)C(=O)O. The van der Waals surface area contributed by atoms with Crippen molar-refractivity contribution in [1.29, 1.82) is 5.41 Å². The molecule has 1 atom stereocenters. The van der Waals surface area contributed by atoms with Gasteiger partial charge in [0.2, 0.25) is 0 Å². The highest BCUT2D eigenvalue weighted by Gasteiger charge is 2.10. The van der Waals surface area contributed by atoms with E-state index >= 15 is 0 Å². The fourth-order valence-electron chi connectivity index (χ4n) is 0.500. The van der Waals surface area contributed by atoms with Crippen molar-refractivity contribution in [2.75, 3.05) is 6.61 Å². The number of rotatable bonds is 4. The third-order valence-electron chi connectivity index (χ3n) is 1.12. The summed E-state index contributed by atoms with van der Waals surface area (Å²) in [5.74, 6) is -1.34. The first kappa shape index (κ1) is 9.10. The average molecular weight is 145 g/mol. The zero-order valence-corrected chi connectivity index (χ0v) is 5.79. The number of carboxylic acids is 1. The molecule has 0 amide bonds. The minimum absolute atomic E-state index is 0.0737. The number of carboxylic acid groups (broad SMARTS) is 1. The first-order chi connectivity index (χ1) is 4.57. The van der Waals surface area contributed by atoms with Crippen molar-refractivity contribution in [3.05, 3.63) is 0 Å². The molecule has 0 aliphatic rings.